The van der Waals surface area contributed by atoms with E-state index in [-0.39, 0.29) is 5.82 Å². The highest BCUT2D eigenvalue weighted by Gasteiger charge is 2.18. The van der Waals surface area contributed by atoms with E-state index >= 15 is 0 Å². The van der Waals surface area contributed by atoms with Crippen LogP contribution >= 0.6 is 0 Å². The number of nitrogens with one attached hydrogen (secondary N) is 1. The molecule has 1 saturated heterocycles. The number of H-pyrrole nitrogens is 1. The molecule has 0 aliphatic carbocycles. The molecule has 1 aliphatic rings. The van der Waals surface area contributed by atoms with E-state index in [1.165, 1.54) is 28.6 Å². The third-order valence-corrected chi connectivity index (χ3v) is 5.45. The van der Waals surface area contributed by atoms with E-state index in [9.17, 15) is 4.39 Å². The van der Waals surface area contributed by atoms with Gasteiger partial charge in [0.15, 0.2) is 0 Å². The zero-order valence-corrected chi connectivity index (χ0v) is 15.8. The van der Waals surface area contributed by atoms with Gasteiger partial charge in [0, 0.05) is 49.8 Å². The lowest BCUT2D eigenvalue weighted by Crippen LogP contribution is -2.47. The number of aromatic amines is 1. The SMILES string of the molecule is Cc1[nH]c(-c2ccccc2)cc1CCN1CCN(c2cccc(F)c2)CC1. The first kappa shape index (κ1) is 17.8. The first-order chi connectivity index (χ1) is 13.2. The molecule has 0 spiro atoms. The van der Waals surface area contributed by atoms with Gasteiger partial charge in [0.05, 0.1) is 0 Å². The first-order valence-electron chi connectivity index (χ1n) is 9.66. The summed E-state index contributed by atoms with van der Waals surface area (Å²) in [5.74, 6) is -0.160. The Morgan fingerprint density at radius 3 is 2.44 bits per heavy atom. The van der Waals surface area contributed by atoms with E-state index in [0.717, 1.165) is 44.8 Å². The van der Waals surface area contributed by atoms with Crippen LogP contribution in [0.1, 0.15) is 11.3 Å². The maximum absolute atomic E-state index is 13.4. The zero-order valence-electron chi connectivity index (χ0n) is 15.8. The average Bonchev–Trinajstić information content (AvgIpc) is 3.08. The molecule has 3 aromatic rings. The largest absolute Gasteiger partial charge is 0.369 e. The van der Waals surface area contributed by atoms with Crippen LogP contribution in [0.2, 0.25) is 0 Å². The highest BCUT2D eigenvalue weighted by Crippen LogP contribution is 2.22. The number of aromatic nitrogens is 1. The number of rotatable bonds is 5. The molecule has 0 saturated carbocycles. The van der Waals surface area contributed by atoms with Crippen molar-refractivity contribution in [2.75, 3.05) is 37.6 Å². The van der Waals surface area contributed by atoms with Gasteiger partial charge in [0.25, 0.3) is 0 Å². The number of hydrogen-bond acceptors (Lipinski definition) is 2. The van der Waals surface area contributed by atoms with Crippen molar-refractivity contribution >= 4 is 5.69 Å². The zero-order chi connectivity index (χ0) is 18.6. The predicted octanol–water partition coefficient (Wildman–Crippen LogP) is 4.49. The molecule has 2 aromatic carbocycles. The lowest BCUT2D eigenvalue weighted by Gasteiger charge is -2.36. The normalized spacial score (nSPS) is 15.3. The molecule has 4 rings (SSSR count). The Labute approximate surface area is 160 Å². The Bertz CT molecular complexity index is 880. The summed E-state index contributed by atoms with van der Waals surface area (Å²) in [7, 11) is 0. The van der Waals surface area contributed by atoms with Crippen molar-refractivity contribution in [1.82, 2.24) is 9.88 Å². The number of aryl methyl sites for hydroxylation is 1. The van der Waals surface area contributed by atoms with Crippen LogP contribution in [0.5, 0.6) is 0 Å². The number of halogens is 1. The molecule has 1 N–H and O–H groups in total. The Hall–Kier alpha value is -2.59. The van der Waals surface area contributed by atoms with Crippen LogP contribution in [0.25, 0.3) is 11.3 Å². The van der Waals surface area contributed by atoms with Crippen molar-refractivity contribution < 1.29 is 4.39 Å². The molecule has 0 radical (unpaired) electrons. The molecule has 1 fully saturated rings. The fourth-order valence-corrected chi connectivity index (χ4v) is 3.81. The summed E-state index contributed by atoms with van der Waals surface area (Å²) in [6.07, 6.45) is 1.05. The van der Waals surface area contributed by atoms with Crippen molar-refractivity contribution in [1.29, 1.82) is 0 Å². The number of benzene rings is 2. The maximum atomic E-state index is 13.4. The van der Waals surface area contributed by atoms with E-state index < -0.39 is 0 Å². The van der Waals surface area contributed by atoms with Crippen molar-refractivity contribution in [3.63, 3.8) is 0 Å². The number of piperazine rings is 1. The predicted molar refractivity (Wildman–Crippen MR) is 110 cm³/mol. The van der Waals surface area contributed by atoms with Crippen molar-refractivity contribution in [2.45, 2.75) is 13.3 Å². The number of hydrogen-bond donors (Lipinski definition) is 1. The Kier molecular flexibility index (Phi) is 5.26. The molecule has 0 bridgehead atoms. The molecule has 1 aromatic heterocycles. The van der Waals surface area contributed by atoms with Crippen molar-refractivity contribution in [2.24, 2.45) is 0 Å². The van der Waals surface area contributed by atoms with Crippen LogP contribution in [0.15, 0.2) is 60.7 Å². The second-order valence-corrected chi connectivity index (χ2v) is 7.26. The molecule has 0 unspecified atom stereocenters. The average molecular weight is 363 g/mol. The minimum Gasteiger partial charge on any atom is -0.369 e. The summed E-state index contributed by atoms with van der Waals surface area (Å²) < 4.78 is 13.4. The molecule has 0 atom stereocenters. The van der Waals surface area contributed by atoms with Crippen molar-refractivity contribution in [3.8, 4) is 11.3 Å². The van der Waals surface area contributed by atoms with Crippen LogP contribution in [-0.2, 0) is 6.42 Å². The van der Waals surface area contributed by atoms with Gasteiger partial charge in [0.2, 0.25) is 0 Å². The number of nitrogens with zero attached hydrogens (tertiary/aromatic N) is 2. The highest BCUT2D eigenvalue weighted by molar-refractivity contribution is 5.61. The van der Waals surface area contributed by atoms with E-state index in [1.54, 1.807) is 12.1 Å². The molecule has 3 nitrogen and oxygen atoms in total. The minimum absolute atomic E-state index is 0.160. The third kappa shape index (κ3) is 4.22. The van der Waals surface area contributed by atoms with E-state index in [1.807, 2.05) is 12.1 Å². The van der Waals surface area contributed by atoms with Gasteiger partial charge in [-0.3, -0.25) is 4.90 Å². The third-order valence-electron chi connectivity index (χ3n) is 5.45. The Morgan fingerprint density at radius 2 is 1.70 bits per heavy atom. The molecule has 27 heavy (non-hydrogen) atoms. The Morgan fingerprint density at radius 1 is 0.926 bits per heavy atom. The van der Waals surface area contributed by atoms with Crippen LogP contribution in [0.4, 0.5) is 10.1 Å². The summed E-state index contributed by atoms with van der Waals surface area (Å²) in [5, 5.41) is 0. The fourth-order valence-electron chi connectivity index (χ4n) is 3.81. The van der Waals surface area contributed by atoms with Gasteiger partial charge >= 0.3 is 0 Å². The summed E-state index contributed by atoms with van der Waals surface area (Å²) in [6.45, 7) is 7.15. The first-order valence-corrected chi connectivity index (χ1v) is 9.66. The van der Waals surface area contributed by atoms with Crippen LogP contribution < -0.4 is 4.90 Å². The van der Waals surface area contributed by atoms with Gasteiger partial charge in [-0.15, -0.1) is 0 Å². The summed E-state index contributed by atoms with van der Waals surface area (Å²) in [4.78, 5) is 8.30. The smallest absolute Gasteiger partial charge is 0.125 e. The summed E-state index contributed by atoms with van der Waals surface area (Å²) >= 11 is 0. The van der Waals surface area contributed by atoms with Crippen LogP contribution in [0, 0.1) is 12.7 Å². The lowest BCUT2D eigenvalue weighted by atomic mass is 10.1. The Balaban J connectivity index is 1.32. The van der Waals surface area contributed by atoms with Gasteiger partial charge in [-0.25, -0.2) is 4.39 Å². The van der Waals surface area contributed by atoms with E-state index in [2.05, 4.69) is 52.0 Å². The molecule has 140 valence electrons. The van der Waals surface area contributed by atoms with Crippen LogP contribution in [0.3, 0.4) is 0 Å². The van der Waals surface area contributed by atoms with Crippen molar-refractivity contribution in [3.05, 3.63) is 77.7 Å². The lowest BCUT2D eigenvalue weighted by molar-refractivity contribution is 0.261. The van der Waals surface area contributed by atoms with Gasteiger partial charge in [-0.1, -0.05) is 36.4 Å². The maximum Gasteiger partial charge on any atom is 0.125 e. The minimum atomic E-state index is -0.160. The van der Waals surface area contributed by atoms with Gasteiger partial charge in [0.1, 0.15) is 5.82 Å². The summed E-state index contributed by atoms with van der Waals surface area (Å²) in [5.41, 5.74) is 6.06. The molecule has 4 heteroatoms. The number of anilines is 1. The topological polar surface area (TPSA) is 22.3 Å². The second-order valence-electron chi connectivity index (χ2n) is 7.26. The monoisotopic (exact) mass is 363 g/mol. The van der Waals surface area contributed by atoms with E-state index in [0.29, 0.717) is 0 Å². The quantitative estimate of drug-likeness (QED) is 0.721. The molecular formula is C23H26FN3. The second kappa shape index (κ2) is 7.97. The standard InChI is InChI=1S/C23H26FN3/c1-18-20(16-23(25-18)19-6-3-2-4-7-19)10-11-26-12-14-27(15-13-26)22-9-5-8-21(24)17-22/h2-9,16-17,25H,10-15H2,1H3. The summed E-state index contributed by atoms with van der Waals surface area (Å²) in [6, 6.07) is 19.7. The van der Waals surface area contributed by atoms with Gasteiger partial charge in [-0.05, 0) is 48.7 Å². The molecule has 1 aliphatic heterocycles. The molecular weight excluding hydrogens is 337 g/mol. The van der Waals surface area contributed by atoms with Crippen LogP contribution in [-0.4, -0.2) is 42.6 Å². The molecule has 2 heterocycles. The fraction of sp³-hybridized carbons (Fsp3) is 0.304. The van der Waals surface area contributed by atoms with E-state index in [4.69, 9.17) is 0 Å². The van der Waals surface area contributed by atoms with Gasteiger partial charge < -0.3 is 9.88 Å². The highest BCUT2D eigenvalue weighted by atomic mass is 19.1. The van der Waals surface area contributed by atoms with Gasteiger partial charge in [-0.2, -0.15) is 0 Å². The molecule has 0 amide bonds.